The molecule has 2 N–H and O–H groups in total. The zero-order valence-electron chi connectivity index (χ0n) is 15.6. The smallest absolute Gasteiger partial charge is 0.319 e. The van der Waals surface area contributed by atoms with Crippen molar-refractivity contribution in [1.82, 2.24) is 5.32 Å². The highest BCUT2D eigenvalue weighted by Crippen LogP contribution is 2.29. The van der Waals surface area contributed by atoms with Gasteiger partial charge in [-0.1, -0.05) is 17.7 Å². The molecule has 0 bridgehead atoms. The molecule has 1 saturated heterocycles. The molecular formula is C20H23N3O4. The average molecular weight is 369 g/mol. The molecule has 7 heteroatoms. The quantitative estimate of drug-likeness (QED) is 0.849. The Balaban J connectivity index is 1.65. The Morgan fingerprint density at radius 2 is 1.85 bits per heavy atom. The molecule has 27 heavy (non-hydrogen) atoms. The number of carbonyl (C=O) groups is 2. The minimum absolute atomic E-state index is 0.119. The van der Waals surface area contributed by atoms with Gasteiger partial charge in [0.15, 0.2) is 0 Å². The second-order valence-corrected chi connectivity index (χ2v) is 6.33. The predicted molar refractivity (Wildman–Crippen MR) is 104 cm³/mol. The second-order valence-electron chi connectivity index (χ2n) is 6.33. The van der Waals surface area contributed by atoms with Crippen molar-refractivity contribution in [2.75, 3.05) is 31.0 Å². The molecule has 0 saturated carbocycles. The number of urea groups is 1. The summed E-state index contributed by atoms with van der Waals surface area (Å²) in [4.78, 5) is 26.7. The summed E-state index contributed by atoms with van der Waals surface area (Å²) in [6.07, 6.45) is 0.551. The molecule has 1 aliphatic heterocycles. The number of hydrogen-bond donors (Lipinski definition) is 2. The Morgan fingerprint density at radius 1 is 1.11 bits per heavy atom. The van der Waals surface area contributed by atoms with Crippen molar-refractivity contribution in [3.63, 3.8) is 0 Å². The van der Waals surface area contributed by atoms with Gasteiger partial charge in [-0.25, -0.2) is 4.79 Å². The number of ether oxygens (including phenoxy) is 2. The van der Waals surface area contributed by atoms with Gasteiger partial charge >= 0.3 is 6.03 Å². The third kappa shape index (κ3) is 4.13. The summed E-state index contributed by atoms with van der Waals surface area (Å²) in [6.45, 7) is 2.56. The molecule has 1 atom stereocenters. The van der Waals surface area contributed by atoms with Crippen LogP contribution in [0.25, 0.3) is 0 Å². The Bertz CT molecular complexity index is 836. The van der Waals surface area contributed by atoms with Crippen LogP contribution in [0.1, 0.15) is 12.0 Å². The van der Waals surface area contributed by atoms with Crippen molar-refractivity contribution < 1.29 is 19.1 Å². The zero-order chi connectivity index (χ0) is 19.4. The molecular weight excluding hydrogens is 346 g/mol. The van der Waals surface area contributed by atoms with Gasteiger partial charge in [0.25, 0.3) is 0 Å². The summed E-state index contributed by atoms with van der Waals surface area (Å²) in [6, 6.07) is 11.8. The molecule has 1 aliphatic rings. The fourth-order valence-corrected chi connectivity index (χ4v) is 3.02. The van der Waals surface area contributed by atoms with Crippen LogP contribution in [0.5, 0.6) is 11.5 Å². The standard InChI is InChI=1S/C20H23N3O4/c1-13-4-6-14(7-5-13)23-11-10-16(19(23)24)21-20(25)22-17-12-15(26-2)8-9-18(17)27-3/h4-9,12,16H,10-11H2,1-3H3,(H2,21,22,25). The molecule has 0 aromatic heterocycles. The van der Waals surface area contributed by atoms with Gasteiger partial charge in [0.2, 0.25) is 5.91 Å². The highest BCUT2D eigenvalue weighted by Gasteiger charge is 2.33. The van der Waals surface area contributed by atoms with E-state index in [9.17, 15) is 9.59 Å². The molecule has 0 radical (unpaired) electrons. The topological polar surface area (TPSA) is 79.9 Å². The monoisotopic (exact) mass is 369 g/mol. The Kier molecular flexibility index (Phi) is 5.49. The van der Waals surface area contributed by atoms with Gasteiger partial charge in [0, 0.05) is 18.3 Å². The van der Waals surface area contributed by atoms with Gasteiger partial charge in [-0.15, -0.1) is 0 Å². The SMILES string of the molecule is COc1ccc(OC)c(NC(=O)NC2CCN(c3ccc(C)cc3)C2=O)c1. The highest BCUT2D eigenvalue weighted by atomic mass is 16.5. The molecule has 1 fully saturated rings. The van der Waals surface area contributed by atoms with Gasteiger partial charge in [0.1, 0.15) is 17.5 Å². The molecule has 1 unspecified atom stereocenters. The summed E-state index contributed by atoms with van der Waals surface area (Å²) < 4.78 is 10.4. The van der Waals surface area contributed by atoms with Gasteiger partial charge in [-0.05, 0) is 37.6 Å². The van der Waals surface area contributed by atoms with E-state index in [2.05, 4.69) is 10.6 Å². The number of benzene rings is 2. The van der Waals surface area contributed by atoms with Crippen LogP contribution >= 0.6 is 0 Å². The number of aryl methyl sites for hydroxylation is 1. The second kappa shape index (κ2) is 7.99. The molecule has 7 nitrogen and oxygen atoms in total. The van der Waals surface area contributed by atoms with Gasteiger partial charge < -0.3 is 25.0 Å². The van der Waals surface area contributed by atoms with Crippen LogP contribution < -0.4 is 25.0 Å². The van der Waals surface area contributed by atoms with E-state index in [-0.39, 0.29) is 5.91 Å². The number of methoxy groups -OCH3 is 2. The predicted octanol–water partition coefficient (Wildman–Crippen LogP) is 2.94. The number of rotatable bonds is 5. The fourth-order valence-electron chi connectivity index (χ4n) is 3.02. The lowest BCUT2D eigenvalue weighted by Crippen LogP contribution is -2.43. The maximum Gasteiger partial charge on any atom is 0.319 e. The van der Waals surface area contributed by atoms with Crippen molar-refractivity contribution >= 4 is 23.3 Å². The van der Waals surface area contributed by atoms with Crippen LogP contribution in [0.2, 0.25) is 0 Å². The summed E-state index contributed by atoms with van der Waals surface area (Å²) in [5, 5.41) is 5.46. The number of carbonyl (C=O) groups excluding carboxylic acids is 2. The number of anilines is 2. The van der Waals surface area contributed by atoms with E-state index >= 15 is 0 Å². The molecule has 0 aliphatic carbocycles. The summed E-state index contributed by atoms with van der Waals surface area (Å²) in [7, 11) is 3.06. The number of nitrogens with zero attached hydrogens (tertiary/aromatic N) is 1. The van der Waals surface area contributed by atoms with E-state index in [1.54, 1.807) is 30.2 Å². The fraction of sp³-hybridized carbons (Fsp3) is 0.300. The lowest BCUT2D eigenvalue weighted by molar-refractivity contribution is -0.118. The van der Waals surface area contributed by atoms with Crippen molar-refractivity contribution in [3.05, 3.63) is 48.0 Å². The first-order chi connectivity index (χ1) is 13.0. The molecule has 142 valence electrons. The third-order valence-electron chi connectivity index (χ3n) is 4.51. The van der Waals surface area contributed by atoms with Crippen LogP contribution in [0.3, 0.4) is 0 Å². The van der Waals surface area contributed by atoms with Crippen LogP contribution in [0.15, 0.2) is 42.5 Å². The zero-order valence-corrected chi connectivity index (χ0v) is 15.6. The Hall–Kier alpha value is -3.22. The molecule has 2 aromatic carbocycles. The molecule has 3 amide bonds. The van der Waals surface area contributed by atoms with Crippen molar-refractivity contribution in [1.29, 1.82) is 0 Å². The first-order valence-corrected chi connectivity index (χ1v) is 8.69. The van der Waals surface area contributed by atoms with Gasteiger partial charge in [0.05, 0.1) is 19.9 Å². The Labute approximate surface area is 158 Å². The minimum atomic E-state index is -0.567. The van der Waals surface area contributed by atoms with Crippen molar-refractivity contribution in [2.24, 2.45) is 0 Å². The maximum atomic E-state index is 12.6. The van der Waals surface area contributed by atoms with Crippen LogP contribution in [0.4, 0.5) is 16.2 Å². The third-order valence-corrected chi connectivity index (χ3v) is 4.51. The van der Waals surface area contributed by atoms with E-state index in [1.807, 2.05) is 31.2 Å². The average Bonchev–Trinajstić information content (AvgIpc) is 3.02. The number of amides is 3. The van der Waals surface area contributed by atoms with E-state index in [0.717, 1.165) is 11.3 Å². The van der Waals surface area contributed by atoms with E-state index in [0.29, 0.717) is 30.2 Å². The summed E-state index contributed by atoms with van der Waals surface area (Å²) in [5.74, 6) is 0.977. The normalized spacial score (nSPS) is 16.2. The largest absolute Gasteiger partial charge is 0.497 e. The summed E-state index contributed by atoms with van der Waals surface area (Å²) >= 11 is 0. The van der Waals surface area contributed by atoms with Gasteiger partial charge in [-0.2, -0.15) is 0 Å². The van der Waals surface area contributed by atoms with E-state index in [4.69, 9.17) is 9.47 Å². The molecule has 3 rings (SSSR count). The van der Waals surface area contributed by atoms with Gasteiger partial charge in [-0.3, -0.25) is 4.79 Å². The first kappa shape index (κ1) is 18.6. The van der Waals surface area contributed by atoms with Crippen molar-refractivity contribution in [3.8, 4) is 11.5 Å². The maximum absolute atomic E-state index is 12.6. The lowest BCUT2D eigenvalue weighted by atomic mass is 10.2. The highest BCUT2D eigenvalue weighted by molar-refractivity contribution is 6.02. The first-order valence-electron chi connectivity index (χ1n) is 8.69. The number of hydrogen-bond acceptors (Lipinski definition) is 4. The molecule has 0 spiro atoms. The summed E-state index contributed by atoms with van der Waals surface area (Å²) in [5.41, 5.74) is 2.44. The van der Waals surface area contributed by atoms with Crippen LogP contribution in [0, 0.1) is 6.92 Å². The molecule has 2 aromatic rings. The minimum Gasteiger partial charge on any atom is -0.497 e. The Morgan fingerprint density at radius 3 is 2.52 bits per heavy atom. The van der Waals surface area contributed by atoms with E-state index < -0.39 is 12.1 Å². The lowest BCUT2D eigenvalue weighted by Gasteiger charge is -2.18. The van der Waals surface area contributed by atoms with E-state index in [1.165, 1.54) is 7.11 Å². The van der Waals surface area contributed by atoms with Crippen LogP contribution in [-0.2, 0) is 4.79 Å². The van der Waals surface area contributed by atoms with Crippen molar-refractivity contribution in [2.45, 2.75) is 19.4 Å². The molecule has 1 heterocycles. The number of nitrogens with one attached hydrogen (secondary N) is 2. The van der Waals surface area contributed by atoms with Crippen LogP contribution in [-0.4, -0.2) is 38.7 Å².